The lowest BCUT2D eigenvalue weighted by atomic mass is 10.0. The van der Waals surface area contributed by atoms with E-state index in [1.807, 2.05) is 0 Å². The predicted octanol–water partition coefficient (Wildman–Crippen LogP) is 2.50. The fourth-order valence-electron chi connectivity index (χ4n) is 1.64. The number of thioether (sulfide) groups is 1. The Morgan fingerprint density at radius 1 is 1.26 bits per heavy atom. The van der Waals surface area contributed by atoms with E-state index >= 15 is 0 Å². The summed E-state index contributed by atoms with van der Waals surface area (Å²) in [6, 6.07) is 8.59. The molecule has 0 aromatic heterocycles. The summed E-state index contributed by atoms with van der Waals surface area (Å²) >= 11 is 1.69. The molecule has 0 heterocycles. The molecule has 1 unspecified atom stereocenters. The van der Waals surface area contributed by atoms with Crippen LogP contribution in [0.15, 0.2) is 29.2 Å². The number of nitrogens with one attached hydrogen (secondary N) is 1. The number of benzene rings is 1. The van der Waals surface area contributed by atoms with Crippen molar-refractivity contribution in [3.05, 3.63) is 29.8 Å². The van der Waals surface area contributed by atoms with Crippen LogP contribution < -0.4 is 5.32 Å². The molecule has 2 N–H and O–H groups in total. The fourth-order valence-corrected chi connectivity index (χ4v) is 2.47. The molecule has 1 aromatic carbocycles. The Morgan fingerprint density at radius 3 is 2.53 bits per heavy atom. The third kappa shape index (κ3) is 6.97. The Balaban J connectivity index is 2.24. The largest absolute Gasteiger partial charge is 0.391 e. The quantitative estimate of drug-likeness (QED) is 0.540. The Labute approximate surface area is 120 Å². The van der Waals surface area contributed by atoms with Crippen molar-refractivity contribution in [2.75, 3.05) is 32.6 Å². The Kier molecular flexibility index (Phi) is 8.14. The molecule has 0 bridgehead atoms. The van der Waals surface area contributed by atoms with Crippen LogP contribution in [0.2, 0.25) is 0 Å². The highest BCUT2D eigenvalue weighted by atomic mass is 32.2. The molecule has 0 fully saturated rings. The molecule has 0 saturated carbocycles. The number of hydrogen-bond acceptors (Lipinski definition) is 4. The minimum atomic E-state index is -0.327. The highest BCUT2D eigenvalue weighted by Crippen LogP contribution is 2.22. The van der Waals surface area contributed by atoms with Gasteiger partial charge in [0.05, 0.1) is 12.7 Å². The molecule has 1 atom stereocenters. The van der Waals surface area contributed by atoms with Crippen molar-refractivity contribution in [3.8, 4) is 0 Å². The molecular formula is C15H25NO2S. The van der Waals surface area contributed by atoms with Crippen molar-refractivity contribution in [1.29, 1.82) is 0 Å². The molecule has 0 saturated heterocycles. The second-order valence-electron chi connectivity index (χ2n) is 4.89. The van der Waals surface area contributed by atoms with Gasteiger partial charge in [-0.15, -0.1) is 11.8 Å². The molecule has 19 heavy (non-hydrogen) atoms. The van der Waals surface area contributed by atoms with E-state index in [4.69, 9.17) is 4.74 Å². The maximum Gasteiger partial charge on any atom is 0.0758 e. The summed E-state index contributed by atoms with van der Waals surface area (Å²) in [4.78, 5) is 1.21. The molecular weight excluding hydrogens is 258 g/mol. The third-order valence-corrected chi connectivity index (χ3v) is 4.01. The van der Waals surface area contributed by atoms with Crippen molar-refractivity contribution < 1.29 is 9.84 Å². The van der Waals surface area contributed by atoms with E-state index in [1.165, 1.54) is 10.5 Å². The third-order valence-electron chi connectivity index (χ3n) is 2.85. The monoisotopic (exact) mass is 283 g/mol. The van der Waals surface area contributed by atoms with Crippen molar-refractivity contribution >= 4 is 11.8 Å². The van der Waals surface area contributed by atoms with Crippen LogP contribution in [0.25, 0.3) is 0 Å². The average molecular weight is 283 g/mol. The maximum absolute atomic E-state index is 9.83. The summed E-state index contributed by atoms with van der Waals surface area (Å²) < 4.78 is 4.93. The molecule has 0 spiro atoms. The minimum Gasteiger partial charge on any atom is -0.391 e. The van der Waals surface area contributed by atoms with Gasteiger partial charge in [0.15, 0.2) is 0 Å². The number of aliphatic hydroxyl groups is 1. The lowest BCUT2D eigenvalue weighted by Gasteiger charge is -2.12. The van der Waals surface area contributed by atoms with Gasteiger partial charge in [0.25, 0.3) is 0 Å². The first-order valence-electron chi connectivity index (χ1n) is 6.74. The van der Waals surface area contributed by atoms with Gasteiger partial charge in [-0.25, -0.2) is 0 Å². The Bertz CT molecular complexity index is 341. The van der Waals surface area contributed by atoms with E-state index in [-0.39, 0.29) is 6.10 Å². The number of ether oxygens (including phenoxy) is 1. The molecule has 0 aliphatic heterocycles. The summed E-state index contributed by atoms with van der Waals surface area (Å²) in [7, 11) is 1.68. The van der Waals surface area contributed by atoms with Crippen LogP contribution in [0.5, 0.6) is 0 Å². The van der Waals surface area contributed by atoms with Gasteiger partial charge in [-0.2, -0.15) is 0 Å². The highest BCUT2D eigenvalue weighted by molar-refractivity contribution is 7.99. The van der Waals surface area contributed by atoms with Crippen LogP contribution in [0.4, 0.5) is 0 Å². The van der Waals surface area contributed by atoms with Crippen molar-refractivity contribution in [2.45, 2.75) is 30.8 Å². The zero-order chi connectivity index (χ0) is 14.1. The van der Waals surface area contributed by atoms with Gasteiger partial charge < -0.3 is 15.2 Å². The fraction of sp³-hybridized carbons (Fsp3) is 0.600. The van der Waals surface area contributed by atoms with Crippen LogP contribution in [0.1, 0.15) is 25.3 Å². The lowest BCUT2D eigenvalue weighted by Crippen LogP contribution is -2.30. The van der Waals surface area contributed by atoms with Gasteiger partial charge >= 0.3 is 0 Å². The van der Waals surface area contributed by atoms with E-state index in [0.29, 0.717) is 24.8 Å². The summed E-state index contributed by atoms with van der Waals surface area (Å²) in [6.07, 6.45) is -0.327. The SMILES string of the molecule is COCCNCC(O)CSc1ccc(C(C)C)cc1. The van der Waals surface area contributed by atoms with E-state index in [9.17, 15) is 5.11 Å². The molecule has 0 aliphatic carbocycles. The summed E-state index contributed by atoms with van der Waals surface area (Å²) in [5.74, 6) is 1.27. The van der Waals surface area contributed by atoms with Gasteiger partial charge in [0.2, 0.25) is 0 Å². The first kappa shape index (κ1) is 16.5. The van der Waals surface area contributed by atoms with Crippen molar-refractivity contribution in [2.24, 2.45) is 0 Å². The topological polar surface area (TPSA) is 41.5 Å². The van der Waals surface area contributed by atoms with Gasteiger partial charge in [-0.1, -0.05) is 26.0 Å². The summed E-state index contributed by atoms with van der Waals surface area (Å²) in [5, 5.41) is 13.0. The van der Waals surface area contributed by atoms with Gasteiger partial charge in [-0.05, 0) is 23.6 Å². The van der Waals surface area contributed by atoms with Crippen LogP contribution in [-0.4, -0.2) is 43.8 Å². The molecule has 3 nitrogen and oxygen atoms in total. The predicted molar refractivity (Wildman–Crippen MR) is 82.0 cm³/mol. The first-order chi connectivity index (χ1) is 9.13. The van der Waals surface area contributed by atoms with Crippen LogP contribution in [0.3, 0.4) is 0 Å². The maximum atomic E-state index is 9.83. The van der Waals surface area contributed by atoms with E-state index in [2.05, 4.69) is 43.4 Å². The summed E-state index contributed by atoms with van der Waals surface area (Å²) in [6.45, 7) is 6.45. The minimum absolute atomic E-state index is 0.327. The first-order valence-corrected chi connectivity index (χ1v) is 7.72. The van der Waals surface area contributed by atoms with E-state index in [1.54, 1.807) is 18.9 Å². The molecule has 1 aromatic rings. The standard InChI is InChI=1S/C15H25NO2S/c1-12(2)13-4-6-15(7-5-13)19-11-14(17)10-16-8-9-18-3/h4-7,12,14,16-17H,8-11H2,1-3H3. The van der Waals surface area contributed by atoms with Gasteiger partial charge in [0.1, 0.15) is 0 Å². The zero-order valence-electron chi connectivity index (χ0n) is 12.1. The van der Waals surface area contributed by atoms with Gasteiger partial charge in [-0.3, -0.25) is 0 Å². The summed E-state index contributed by atoms with van der Waals surface area (Å²) in [5.41, 5.74) is 1.35. The molecule has 108 valence electrons. The number of methoxy groups -OCH3 is 1. The second-order valence-corrected chi connectivity index (χ2v) is 5.98. The van der Waals surface area contributed by atoms with Crippen LogP contribution in [-0.2, 0) is 4.74 Å². The number of rotatable bonds is 9. The average Bonchev–Trinajstić information content (AvgIpc) is 2.42. The van der Waals surface area contributed by atoms with Crippen LogP contribution >= 0.6 is 11.8 Å². The highest BCUT2D eigenvalue weighted by Gasteiger charge is 2.05. The number of hydrogen-bond donors (Lipinski definition) is 2. The molecule has 1 rings (SSSR count). The second kappa shape index (κ2) is 9.37. The van der Waals surface area contributed by atoms with Crippen molar-refractivity contribution in [3.63, 3.8) is 0 Å². The van der Waals surface area contributed by atoms with Crippen LogP contribution in [0, 0.1) is 0 Å². The molecule has 0 radical (unpaired) electrons. The molecule has 0 amide bonds. The normalized spacial score (nSPS) is 12.9. The zero-order valence-corrected chi connectivity index (χ0v) is 12.9. The molecule has 4 heteroatoms. The van der Waals surface area contributed by atoms with Gasteiger partial charge in [0, 0.05) is 30.8 Å². The lowest BCUT2D eigenvalue weighted by molar-refractivity contribution is 0.175. The Morgan fingerprint density at radius 2 is 1.95 bits per heavy atom. The number of aliphatic hydroxyl groups excluding tert-OH is 1. The van der Waals surface area contributed by atoms with E-state index < -0.39 is 0 Å². The van der Waals surface area contributed by atoms with Crippen molar-refractivity contribution in [1.82, 2.24) is 5.32 Å². The smallest absolute Gasteiger partial charge is 0.0758 e. The van der Waals surface area contributed by atoms with E-state index in [0.717, 1.165) is 6.54 Å². The molecule has 0 aliphatic rings. The Hall–Kier alpha value is -0.550.